The highest BCUT2D eigenvalue weighted by Gasteiger charge is 2.22. The first-order valence-electron chi connectivity index (χ1n) is 9.76. The van der Waals surface area contributed by atoms with Gasteiger partial charge in [0, 0.05) is 10.6 Å². The number of carbonyl (C=O) groups excluding carboxylic acids is 1. The minimum atomic E-state index is -4.08. The fourth-order valence-electron chi connectivity index (χ4n) is 2.73. The molecule has 1 N–H and O–H groups in total. The third-order valence-corrected chi connectivity index (χ3v) is 6.36. The van der Waals surface area contributed by atoms with Gasteiger partial charge in [-0.05, 0) is 77.8 Å². The minimum Gasteiger partial charge on any atom is -0.490 e. The first kappa shape index (κ1) is 24.8. The fourth-order valence-corrected chi connectivity index (χ4v) is 4.52. The van der Waals surface area contributed by atoms with Gasteiger partial charge in [0.1, 0.15) is 4.90 Å². The van der Waals surface area contributed by atoms with Crippen LogP contribution in [0, 0.1) is 6.92 Å². The lowest BCUT2D eigenvalue weighted by atomic mass is 10.2. The first-order chi connectivity index (χ1) is 15.7. The number of hydrazone groups is 1. The summed E-state index contributed by atoms with van der Waals surface area (Å²) in [6, 6.07) is 15.9. The van der Waals surface area contributed by atoms with Crippen molar-refractivity contribution in [1.29, 1.82) is 0 Å². The van der Waals surface area contributed by atoms with E-state index in [1.165, 1.54) is 24.4 Å². The van der Waals surface area contributed by atoms with Crippen molar-refractivity contribution in [2.75, 3.05) is 6.61 Å². The molecule has 0 saturated carbocycles. The van der Waals surface area contributed by atoms with Crippen LogP contribution in [0.15, 0.2) is 75.1 Å². The molecule has 0 aromatic heterocycles. The van der Waals surface area contributed by atoms with E-state index in [0.29, 0.717) is 20.6 Å². The molecular formula is C23H20BrClN2O5S. The van der Waals surface area contributed by atoms with Crippen LogP contribution < -0.4 is 14.3 Å². The topological polar surface area (TPSA) is 94.1 Å². The number of halogens is 2. The summed E-state index contributed by atoms with van der Waals surface area (Å²) in [6.45, 7) is 3.90. The molecule has 0 spiro atoms. The van der Waals surface area contributed by atoms with Gasteiger partial charge in [0.25, 0.3) is 5.91 Å². The molecule has 3 aromatic carbocycles. The number of amides is 1. The lowest BCUT2D eigenvalue weighted by Crippen LogP contribution is -2.17. The number of benzene rings is 3. The van der Waals surface area contributed by atoms with E-state index in [1.807, 2.05) is 6.92 Å². The first-order valence-corrected chi connectivity index (χ1v) is 12.3. The predicted octanol–water partition coefficient (Wildman–Crippen LogP) is 5.34. The molecule has 3 aromatic rings. The van der Waals surface area contributed by atoms with Crippen molar-refractivity contribution in [3.05, 3.63) is 86.8 Å². The zero-order chi connectivity index (χ0) is 24.0. The maximum absolute atomic E-state index is 12.7. The van der Waals surface area contributed by atoms with Crippen LogP contribution in [0.2, 0.25) is 5.02 Å². The molecule has 0 radical (unpaired) electrons. The highest BCUT2D eigenvalue weighted by Crippen LogP contribution is 2.38. The average molecular weight is 552 g/mol. The SMILES string of the molecule is CCOc1cc(C=NNC(=O)c2cccc(Cl)c2)cc(Br)c1OS(=O)(=O)c1ccc(C)cc1. The molecule has 0 atom stereocenters. The molecular weight excluding hydrogens is 532 g/mol. The van der Waals surface area contributed by atoms with Gasteiger partial charge in [-0.2, -0.15) is 13.5 Å². The van der Waals surface area contributed by atoms with Crippen LogP contribution >= 0.6 is 27.5 Å². The van der Waals surface area contributed by atoms with E-state index in [-0.39, 0.29) is 23.0 Å². The van der Waals surface area contributed by atoms with Crippen LogP contribution in [-0.2, 0) is 10.1 Å². The molecule has 0 unspecified atom stereocenters. The largest absolute Gasteiger partial charge is 0.490 e. The van der Waals surface area contributed by atoms with Crippen molar-refractivity contribution in [3.63, 3.8) is 0 Å². The van der Waals surface area contributed by atoms with E-state index in [0.717, 1.165) is 5.56 Å². The highest BCUT2D eigenvalue weighted by molar-refractivity contribution is 9.10. The van der Waals surface area contributed by atoms with E-state index in [4.69, 9.17) is 20.5 Å². The molecule has 0 saturated heterocycles. The Labute approximate surface area is 205 Å². The fraction of sp³-hybridized carbons (Fsp3) is 0.130. The molecule has 33 heavy (non-hydrogen) atoms. The van der Waals surface area contributed by atoms with E-state index < -0.39 is 16.0 Å². The Kier molecular flexibility index (Phi) is 8.12. The molecule has 7 nitrogen and oxygen atoms in total. The monoisotopic (exact) mass is 550 g/mol. The van der Waals surface area contributed by atoms with Gasteiger partial charge in [0.2, 0.25) is 0 Å². The summed E-state index contributed by atoms with van der Waals surface area (Å²) in [7, 11) is -4.08. The molecule has 0 bridgehead atoms. The molecule has 1 amide bonds. The summed E-state index contributed by atoms with van der Waals surface area (Å²) in [5.41, 5.74) is 4.24. The number of nitrogens with one attached hydrogen (secondary N) is 1. The van der Waals surface area contributed by atoms with Crippen molar-refractivity contribution in [3.8, 4) is 11.5 Å². The van der Waals surface area contributed by atoms with Gasteiger partial charge < -0.3 is 8.92 Å². The normalized spacial score (nSPS) is 11.4. The van der Waals surface area contributed by atoms with Crippen LogP contribution in [0.4, 0.5) is 0 Å². The molecule has 10 heteroatoms. The van der Waals surface area contributed by atoms with Crippen LogP contribution in [-0.4, -0.2) is 27.1 Å². The van der Waals surface area contributed by atoms with Gasteiger partial charge in [0.15, 0.2) is 11.5 Å². The summed E-state index contributed by atoms with van der Waals surface area (Å²) in [5, 5.41) is 4.38. The van der Waals surface area contributed by atoms with Crippen LogP contribution in [0.3, 0.4) is 0 Å². The lowest BCUT2D eigenvalue weighted by Gasteiger charge is -2.14. The molecule has 3 rings (SSSR count). The van der Waals surface area contributed by atoms with E-state index >= 15 is 0 Å². The quantitative estimate of drug-likeness (QED) is 0.232. The summed E-state index contributed by atoms with van der Waals surface area (Å²) in [4.78, 5) is 12.2. The number of aryl methyl sites for hydroxylation is 1. The number of ether oxygens (including phenoxy) is 1. The van der Waals surface area contributed by atoms with Crippen molar-refractivity contribution in [2.45, 2.75) is 18.7 Å². The summed E-state index contributed by atoms with van der Waals surface area (Å²) in [6.07, 6.45) is 1.40. The Morgan fingerprint density at radius 1 is 1.15 bits per heavy atom. The average Bonchev–Trinajstić information content (AvgIpc) is 2.76. The van der Waals surface area contributed by atoms with Crippen LogP contribution in [0.5, 0.6) is 11.5 Å². The zero-order valence-electron chi connectivity index (χ0n) is 17.7. The Hall–Kier alpha value is -2.88. The van der Waals surface area contributed by atoms with Crippen molar-refractivity contribution < 1.29 is 22.1 Å². The van der Waals surface area contributed by atoms with Gasteiger partial charge in [-0.25, -0.2) is 5.43 Å². The summed E-state index contributed by atoms with van der Waals surface area (Å²) < 4.78 is 36.8. The molecule has 0 aliphatic heterocycles. The number of nitrogens with zero attached hydrogens (tertiary/aromatic N) is 1. The van der Waals surface area contributed by atoms with Crippen molar-refractivity contribution in [1.82, 2.24) is 5.43 Å². The maximum Gasteiger partial charge on any atom is 0.339 e. The number of carbonyl (C=O) groups is 1. The Morgan fingerprint density at radius 3 is 2.55 bits per heavy atom. The van der Waals surface area contributed by atoms with Gasteiger partial charge in [0.05, 0.1) is 17.3 Å². The van der Waals surface area contributed by atoms with E-state index in [9.17, 15) is 13.2 Å². The van der Waals surface area contributed by atoms with E-state index in [1.54, 1.807) is 49.4 Å². The Morgan fingerprint density at radius 2 is 1.88 bits per heavy atom. The zero-order valence-corrected chi connectivity index (χ0v) is 20.9. The van der Waals surface area contributed by atoms with Crippen LogP contribution in [0.1, 0.15) is 28.4 Å². The van der Waals surface area contributed by atoms with Gasteiger partial charge in [-0.1, -0.05) is 35.4 Å². The second-order valence-electron chi connectivity index (χ2n) is 6.82. The second-order valence-corrected chi connectivity index (χ2v) is 9.66. The van der Waals surface area contributed by atoms with Crippen molar-refractivity contribution >= 4 is 49.8 Å². The lowest BCUT2D eigenvalue weighted by molar-refractivity contribution is 0.0955. The smallest absolute Gasteiger partial charge is 0.339 e. The van der Waals surface area contributed by atoms with Crippen LogP contribution in [0.25, 0.3) is 0 Å². The predicted molar refractivity (Wildman–Crippen MR) is 131 cm³/mol. The Bertz CT molecular complexity index is 1290. The standard InChI is InChI=1S/C23H20BrClN2O5S/c1-3-31-21-12-16(14-26-27-23(28)17-5-4-6-18(25)13-17)11-20(24)22(21)32-33(29,30)19-9-7-15(2)8-10-19/h4-14H,3H2,1-2H3,(H,27,28). The maximum atomic E-state index is 12.7. The molecule has 0 fully saturated rings. The van der Waals surface area contributed by atoms with Gasteiger partial charge in [-0.15, -0.1) is 0 Å². The highest BCUT2D eigenvalue weighted by atomic mass is 79.9. The molecule has 0 aliphatic rings. The van der Waals surface area contributed by atoms with Gasteiger partial charge in [-0.3, -0.25) is 4.79 Å². The van der Waals surface area contributed by atoms with Crippen molar-refractivity contribution in [2.24, 2.45) is 5.10 Å². The second kappa shape index (κ2) is 10.8. The Balaban J connectivity index is 1.82. The molecule has 0 heterocycles. The van der Waals surface area contributed by atoms with Gasteiger partial charge >= 0.3 is 10.1 Å². The third kappa shape index (κ3) is 6.56. The molecule has 172 valence electrons. The van der Waals surface area contributed by atoms with E-state index in [2.05, 4.69) is 26.5 Å². The number of hydrogen-bond donors (Lipinski definition) is 1. The summed E-state index contributed by atoms with van der Waals surface area (Å²) in [5.74, 6) is -0.218. The third-order valence-electron chi connectivity index (χ3n) is 4.30. The minimum absolute atomic E-state index is 0.0116. The number of hydrogen-bond acceptors (Lipinski definition) is 6. The number of rotatable bonds is 8. The molecule has 0 aliphatic carbocycles. The summed E-state index contributed by atoms with van der Waals surface area (Å²) >= 11 is 9.24.